The largest absolute Gasteiger partial charge is 0.374 e. The van der Waals surface area contributed by atoms with E-state index in [4.69, 9.17) is 5.26 Å². The molecule has 0 bridgehead atoms. The highest BCUT2D eigenvalue weighted by molar-refractivity contribution is 5.84. The normalized spacial score (nSPS) is 11.8. The maximum absolute atomic E-state index is 11.8. The smallest absolute Gasteiger partial charge is 0.242 e. The maximum atomic E-state index is 11.8. The number of anilines is 1. The van der Waals surface area contributed by atoms with Gasteiger partial charge in [0.05, 0.1) is 11.6 Å². The molecule has 0 aromatic heterocycles. The first-order chi connectivity index (χ1) is 8.93. The quantitative estimate of drug-likeness (QED) is 0.853. The molecule has 2 N–H and O–H groups in total. The average molecular weight is 259 g/mol. The van der Waals surface area contributed by atoms with Gasteiger partial charge in [0.15, 0.2) is 0 Å². The van der Waals surface area contributed by atoms with Crippen molar-refractivity contribution in [2.75, 3.05) is 11.9 Å². The minimum atomic E-state index is -0.300. The topological polar surface area (TPSA) is 64.9 Å². The molecule has 4 nitrogen and oxygen atoms in total. The second kappa shape index (κ2) is 6.79. The predicted molar refractivity (Wildman–Crippen MR) is 76.8 cm³/mol. The molecule has 0 saturated heterocycles. The molecule has 0 aliphatic rings. The first-order valence-corrected chi connectivity index (χ1v) is 6.49. The van der Waals surface area contributed by atoms with Gasteiger partial charge in [-0.2, -0.15) is 5.26 Å². The summed E-state index contributed by atoms with van der Waals surface area (Å²) in [7, 11) is 0. The lowest BCUT2D eigenvalue weighted by Crippen LogP contribution is -2.39. The van der Waals surface area contributed by atoms with Crippen LogP contribution in [-0.4, -0.2) is 18.5 Å². The summed E-state index contributed by atoms with van der Waals surface area (Å²) in [5.41, 5.74) is 2.41. The van der Waals surface area contributed by atoms with E-state index >= 15 is 0 Å². The third-order valence-electron chi connectivity index (χ3n) is 2.81. The lowest BCUT2D eigenvalue weighted by Gasteiger charge is -2.16. The molecule has 1 unspecified atom stereocenters. The van der Waals surface area contributed by atoms with E-state index in [2.05, 4.69) is 30.6 Å². The van der Waals surface area contributed by atoms with Gasteiger partial charge in [-0.15, -0.1) is 0 Å². The third-order valence-corrected chi connectivity index (χ3v) is 2.81. The van der Waals surface area contributed by atoms with Crippen molar-refractivity contribution >= 4 is 11.6 Å². The lowest BCUT2D eigenvalue weighted by atomic mass is 10.1. The number of nitrogens with one attached hydrogen (secondary N) is 2. The molecule has 0 aliphatic carbocycles. The molecule has 0 radical (unpaired) electrons. The minimum Gasteiger partial charge on any atom is -0.374 e. The monoisotopic (exact) mass is 259 g/mol. The number of carbonyl (C=O) groups is 1. The Morgan fingerprint density at radius 2 is 2.05 bits per heavy atom. The summed E-state index contributed by atoms with van der Waals surface area (Å²) < 4.78 is 0. The van der Waals surface area contributed by atoms with Gasteiger partial charge in [-0.25, -0.2) is 0 Å². The number of amides is 1. The molecule has 1 rings (SSSR count). The number of carbonyl (C=O) groups excluding carboxylic acids is 1. The van der Waals surface area contributed by atoms with Crippen molar-refractivity contribution in [3.05, 3.63) is 29.3 Å². The van der Waals surface area contributed by atoms with E-state index in [0.29, 0.717) is 18.0 Å². The number of rotatable bonds is 5. The average Bonchev–Trinajstić information content (AvgIpc) is 2.36. The molecule has 1 amide bonds. The molecule has 0 spiro atoms. The standard InChI is InChI=1S/C15H21N3O/c1-10(2)9-17-15(19)12(4)18-14-6-5-13(8-16)11(3)7-14/h5-7,10,12,18H,9H2,1-4H3,(H,17,19). The predicted octanol–water partition coefficient (Wildman–Crippen LogP) is 2.44. The molecule has 1 aromatic rings. The highest BCUT2D eigenvalue weighted by Gasteiger charge is 2.12. The third kappa shape index (κ3) is 4.63. The number of aryl methyl sites for hydroxylation is 1. The Morgan fingerprint density at radius 1 is 1.37 bits per heavy atom. The Labute approximate surface area is 114 Å². The molecule has 1 atom stereocenters. The van der Waals surface area contributed by atoms with E-state index < -0.39 is 0 Å². The number of nitrogens with zero attached hydrogens (tertiary/aromatic N) is 1. The zero-order chi connectivity index (χ0) is 14.4. The van der Waals surface area contributed by atoms with Gasteiger partial charge in [0.1, 0.15) is 6.04 Å². The summed E-state index contributed by atoms with van der Waals surface area (Å²) >= 11 is 0. The van der Waals surface area contributed by atoms with Crippen LogP contribution >= 0.6 is 0 Å². The Balaban J connectivity index is 2.62. The molecule has 19 heavy (non-hydrogen) atoms. The fourth-order valence-corrected chi connectivity index (χ4v) is 1.65. The van der Waals surface area contributed by atoms with Gasteiger partial charge >= 0.3 is 0 Å². The van der Waals surface area contributed by atoms with Crippen molar-refractivity contribution in [3.8, 4) is 6.07 Å². The number of nitriles is 1. The molecule has 0 saturated carbocycles. The lowest BCUT2D eigenvalue weighted by molar-refractivity contribution is -0.121. The SMILES string of the molecule is Cc1cc(NC(C)C(=O)NCC(C)C)ccc1C#N. The molecule has 4 heteroatoms. The molecule has 0 fully saturated rings. The zero-order valence-electron chi connectivity index (χ0n) is 11.9. The van der Waals surface area contributed by atoms with Crippen LogP contribution in [0.3, 0.4) is 0 Å². The Hall–Kier alpha value is -2.02. The summed E-state index contributed by atoms with van der Waals surface area (Å²) in [6.45, 7) is 8.50. The van der Waals surface area contributed by atoms with Gasteiger partial charge in [0.25, 0.3) is 0 Å². The first kappa shape index (κ1) is 15.0. The summed E-state index contributed by atoms with van der Waals surface area (Å²) in [4.78, 5) is 11.8. The van der Waals surface area contributed by atoms with Crippen molar-refractivity contribution in [1.29, 1.82) is 5.26 Å². The molecular formula is C15H21N3O. The second-order valence-corrected chi connectivity index (χ2v) is 5.15. The van der Waals surface area contributed by atoms with E-state index in [1.54, 1.807) is 6.07 Å². The maximum Gasteiger partial charge on any atom is 0.242 e. The highest BCUT2D eigenvalue weighted by atomic mass is 16.2. The zero-order valence-corrected chi connectivity index (χ0v) is 11.9. The van der Waals surface area contributed by atoms with E-state index in [1.165, 1.54) is 0 Å². The van der Waals surface area contributed by atoms with E-state index in [-0.39, 0.29) is 11.9 Å². The van der Waals surface area contributed by atoms with Crippen molar-refractivity contribution in [3.63, 3.8) is 0 Å². The van der Waals surface area contributed by atoms with Gasteiger partial charge < -0.3 is 10.6 Å². The van der Waals surface area contributed by atoms with Crippen LogP contribution in [0.1, 0.15) is 31.9 Å². The van der Waals surface area contributed by atoms with Crippen molar-refractivity contribution < 1.29 is 4.79 Å². The minimum absolute atomic E-state index is 0.0179. The van der Waals surface area contributed by atoms with Crippen molar-refractivity contribution in [2.24, 2.45) is 5.92 Å². The van der Waals surface area contributed by atoms with E-state index in [0.717, 1.165) is 11.3 Å². The molecule has 0 aliphatic heterocycles. The van der Waals surface area contributed by atoms with Crippen LogP contribution in [0.15, 0.2) is 18.2 Å². The summed E-state index contributed by atoms with van der Waals surface area (Å²) in [5.74, 6) is 0.420. The van der Waals surface area contributed by atoms with Crippen molar-refractivity contribution in [2.45, 2.75) is 33.7 Å². The highest BCUT2D eigenvalue weighted by Crippen LogP contribution is 2.15. The van der Waals surface area contributed by atoms with Gasteiger partial charge in [-0.05, 0) is 43.5 Å². The van der Waals surface area contributed by atoms with Crippen molar-refractivity contribution in [1.82, 2.24) is 5.32 Å². The van der Waals surface area contributed by atoms with Crippen LogP contribution in [0.5, 0.6) is 0 Å². The fraction of sp³-hybridized carbons (Fsp3) is 0.467. The number of hydrogen-bond donors (Lipinski definition) is 2. The molecule has 102 valence electrons. The van der Waals surface area contributed by atoms with Crippen LogP contribution < -0.4 is 10.6 Å². The Morgan fingerprint density at radius 3 is 2.58 bits per heavy atom. The Kier molecular flexibility index (Phi) is 5.37. The first-order valence-electron chi connectivity index (χ1n) is 6.49. The van der Waals surface area contributed by atoms with Crippen LogP contribution in [-0.2, 0) is 4.79 Å². The van der Waals surface area contributed by atoms with Gasteiger partial charge in [0, 0.05) is 12.2 Å². The van der Waals surface area contributed by atoms with E-state index in [9.17, 15) is 4.79 Å². The van der Waals surface area contributed by atoms with Gasteiger partial charge in [-0.3, -0.25) is 4.79 Å². The molecular weight excluding hydrogens is 238 g/mol. The fourth-order valence-electron chi connectivity index (χ4n) is 1.65. The van der Waals surface area contributed by atoms with Crippen LogP contribution in [0.2, 0.25) is 0 Å². The summed E-state index contributed by atoms with van der Waals surface area (Å²) in [6.07, 6.45) is 0. The van der Waals surface area contributed by atoms with Crippen LogP contribution in [0, 0.1) is 24.2 Å². The van der Waals surface area contributed by atoms with Crippen LogP contribution in [0.25, 0.3) is 0 Å². The molecule has 0 heterocycles. The molecule has 1 aromatic carbocycles. The Bertz CT molecular complexity index is 489. The number of hydrogen-bond acceptors (Lipinski definition) is 3. The summed E-state index contributed by atoms with van der Waals surface area (Å²) in [6, 6.07) is 7.28. The van der Waals surface area contributed by atoms with Crippen LogP contribution in [0.4, 0.5) is 5.69 Å². The number of benzene rings is 1. The second-order valence-electron chi connectivity index (χ2n) is 5.15. The van der Waals surface area contributed by atoms with E-state index in [1.807, 2.05) is 26.0 Å². The summed E-state index contributed by atoms with van der Waals surface area (Å²) in [5, 5.41) is 14.9. The van der Waals surface area contributed by atoms with Gasteiger partial charge in [0.2, 0.25) is 5.91 Å². The van der Waals surface area contributed by atoms with Gasteiger partial charge in [-0.1, -0.05) is 13.8 Å².